The first kappa shape index (κ1) is 22.7. The Labute approximate surface area is 204 Å². The van der Waals surface area contributed by atoms with Crippen molar-refractivity contribution < 1.29 is 9.59 Å². The van der Waals surface area contributed by atoms with Crippen LogP contribution in [0.1, 0.15) is 35.5 Å². The molecule has 4 aromatic rings. The fraction of sp³-hybridized carbons (Fsp3) is 0.375. The van der Waals surface area contributed by atoms with Crippen LogP contribution in [0.25, 0.3) is 20.4 Å². The molecule has 2 atom stereocenters. The lowest BCUT2D eigenvalue weighted by molar-refractivity contribution is -0.134. The molecule has 0 unspecified atom stereocenters. The summed E-state index contributed by atoms with van der Waals surface area (Å²) in [6, 6.07) is 7.67. The Balaban J connectivity index is 1.39. The summed E-state index contributed by atoms with van der Waals surface area (Å²) >= 11 is 2.57. The van der Waals surface area contributed by atoms with E-state index in [9.17, 15) is 14.4 Å². The first-order chi connectivity index (χ1) is 16.3. The smallest absolute Gasteiger partial charge is 0.267 e. The number of rotatable bonds is 4. The number of hydrogen-bond acceptors (Lipinski definition) is 7. The summed E-state index contributed by atoms with van der Waals surface area (Å²) in [6.07, 6.45) is 2.51. The summed E-state index contributed by atoms with van der Waals surface area (Å²) in [6.45, 7) is 7.40. The Morgan fingerprint density at radius 2 is 1.88 bits per heavy atom. The molecule has 8 nitrogen and oxygen atoms in total. The Bertz CT molecular complexity index is 1430. The van der Waals surface area contributed by atoms with Crippen LogP contribution >= 0.6 is 22.7 Å². The maximum absolute atomic E-state index is 13.2. The third-order valence-corrected chi connectivity index (χ3v) is 8.32. The first-order valence-electron chi connectivity index (χ1n) is 11.2. The van der Waals surface area contributed by atoms with Crippen LogP contribution < -0.4 is 10.9 Å². The predicted molar refractivity (Wildman–Crippen MR) is 136 cm³/mol. The van der Waals surface area contributed by atoms with Crippen molar-refractivity contribution in [1.82, 2.24) is 19.4 Å². The summed E-state index contributed by atoms with van der Waals surface area (Å²) in [5.74, 6) is 0.488. The highest BCUT2D eigenvalue weighted by molar-refractivity contribution is 7.23. The predicted octanol–water partition coefficient (Wildman–Crippen LogP) is 4.13. The third kappa shape index (κ3) is 4.23. The van der Waals surface area contributed by atoms with Crippen LogP contribution in [0.15, 0.2) is 35.4 Å². The van der Waals surface area contributed by atoms with Crippen LogP contribution in [-0.4, -0.2) is 44.3 Å². The van der Waals surface area contributed by atoms with Crippen LogP contribution in [0.2, 0.25) is 0 Å². The number of nitrogens with one attached hydrogen (secondary N) is 1. The zero-order chi connectivity index (χ0) is 24.0. The van der Waals surface area contributed by atoms with Gasteiger partial charge in [-0.25, -0.2) is 9.97 Å². The number of carbonyl (C=O) groups is 2. The fourth-order valence-electron chi connectivity index (χ4n) is 4.68. The second-order valence-electron chi connectivity index (χ2n) is 9.10. The number of fused-ring (bicyclic) bond motifs is 2. The number of likely N-dealkylation sites (tertiary alicyclic amines) is 1. The average molecular weight is 496 g/mol. The van der Waals surface area contributed by atoms with E-state index in [1.807, 2.05) is 29.2 Å². The van der Waals surface area contributed by atoms with E-state index in [0.717, 1.165) is 16.6 Å². The summed E-state index contributed by atoms with van der Waals surface area (Å²) in [7, 11) is 0. The SMILES string of the molecule is Cc1c(C(=O)Nc2nc3ccccc3s2)sc2ncn(CC(=O)N3C[C@H](C)C[C@@H](C)C3)c(=O)c12. The minimum Gasteiger partial charge on any atom is -0.341 e. The van der Waals surface area contributed by atoms with Gasteiger partial charge in [-0.15, -0.1) is 11.3 Å². The summed E-state index contributed by atoms with van der Waals surface area (Å²) < 4.78 is 2.33. The highest BCUT2D eigenvalue weighted by Crippen LogP contribution is 2.30. The lowest BCUT2D eigenvalue weighted by Gasteiger charge is -2.35. The van der Waals surface area contributed by atoms with E-state index in [4.69, 9.17) is 0 Å². The molecule has 10 heteroatoms. The maximum Gasteiger partial charge on any atom is 0.267 e. The molecule has 5 rings (SSSR count). The van der Waals surface area contributed by atoms with Gasteiger partial charge in [0.25, 0.3) is 11.5 Å². The lowest BCUT2D eigenvalue weighted by Crippen LogP contribution is -2.44. The first-order valence-corrected chi connectivity index (χ1v) is 12.9. The van der Waals surface area contributed by atoms with Gasteiger partial charge in [-0.05, 0) is 42.9 Å². The fourth-order valence-corrected chi connectivity index (χ4v) is 6.58. The molecule has 2 amide bonds. The third-order valence-electron chi connectivity index (χ3n) is 6.17. The Morgan fingerprint density at radius 3 is 2.62 bits per heavy atom. The van der Waals surface area contributed by atoms with Gasteiger partial charge in [-0.2, -0.15) is 0 Å². The topological polar surface area (TPSA) is 97.2 Å². The molecule has 1 aromatic carbocycles. The van der Waals surface area contributed by atoms with E-state index < -0.39 is 0 Å². The molecule has 0 spiro atoms. The van der Waals surface area contributed by atoms with Crippen molar-refractivity contribution >= 4 is 60.1 Å². The van der Waals surface area contributed by atoms with Gasteiger partial charge in [0.15, 0.2) is 5.13 Å². The number of para-hydroxylation sites is 1. The Hall–Kier alpha value is -3.11. The van der Waals surface area contributed by atoms with Gasteiger partial charge >= 0.3 is 0 Å². The molecule has 1 saturated heterocycles. The molecule has 1 N–H and O–H groups in total. The van der Waals surface area contributed by atoms with Gasteiger partial charge < -0.3 is 4.90 Å². The van der Waals surface area contributed by atoms with Crippen LogP contribution in [0.3, 0.4) is 0 Å². The van der Waals surface area contributed by atoms with Crippen LogP contribution in [0, 0.1) is 18.8 Å². The molecule has 0 aliphatic carbocycles. The number of benzene rings is 1. The molecule has 1 fully saturated rings. The van der Waals surface area contributed by atoms with E-state index in [1.54, 1.807) is 6.92 Å². The Kier molecular flexibility index (Phi) is 5.95. The molecular formula is C24H25N5O3S2. The summed E-state index contributed by atoms with van der Waals surface area (Å²) in [5, 5.41) is 3.74. The van der Waals surface area contributed by atoms with Crippen molar-refractivity contribution in [2.45, 2.75) is 33.7 Å². The van der Waals surface area contributed by atoms with Crippen molar-refractivity contribution in [2.75, 3.05) is 18.4 Å². The zero-order valence-electron chi connectivity index (χ0n) is 19.2. The molecular weight excluding hydrogens is 470 g/mol. The Morgan fingerprint density at radius 1 is 1.15 bits per heavy atom. The molecule has 0 radical (unpaired) electrons. The average Bonchev–Trinajstić information content (AvgIpc) is 3.35. The van der Waals surface area contributed by atoms with Crippen LogP contribution in [0.4, 0.5) is 5.13 Å². The highest BCUT2D eigenvalue weighted by Gasteiger charge is 2.26. The van der Waals surface area contributed by atoms with Crippen molar-refractivity contribution in [3.05, 3.63) is 51.4 Å². The summed E-state index contributed by atoms with van der Waals surface area (Å²) in [5.41, 5.74) is 1.09. The standard InChI is InChI=1S/C24H25N5O3S2/c1-13-8-14(2)10-28(9-13)18(30)11-29-12-25-22-19(23(29)32)15(3)20(34-22)21(31)27-24-26-16-6-4-5-7-17(16)33-24/h4-7,12-14H,8-11H2,1-3H3,(H,26,27,31)/t13-,14-/m1/s1. The molecule has 0 bridgehead atoms. The zero-order valence-corrected chi connectivity index (χ0v) is 20.8. The van der Waals surface area contributed by atoms with Crippen molar-refractivity contribution in [2.24, 2.45) is 11.8 Å². The lowest BCUT2D eigenvalue weighted by atomic mass is 9.92. The largest absolute Gasteiger partial charge is 0.341 e. The number of amides is 2. The molecule has 3 aromatic heterocycles. The van der Waals surface area contributed by atoms with Gasteiger partial charge in [0, 0.05) is 13.1 Å². The monoisotopic (exact) mass is 495 g/mol. The number of anilines is 1. The van der Waals surface area contributed by atoms with Crippen molar-refractivity contribution in [3.8, 4) is 0 Å². The number of nitrogens with zero attached hydrogens (tertiary/aromatic N) is 4. The number of piperidine rings is 1. The van der Waals surface area contributed by atoms with Crippen LogP contribution in [0.5, 0.6) is 0 Å². The molecule has 1 aliphatic rings. The second-order valence-corrected chi connectivity index (χ2v) is 11.1. The molecule has 176 valence electrons. The number of carbonyl (C=O) groups excluding carboxylic acids is 2. The van der Waals surface area contributed by atoms with Gasteiger partial charge in [-0.1, -0.05) is 37.3 Å². The molecule has 1 aliphatic heterocycles. The van der Waals surface area contributed by atoms with E-state index >= 15 is 0 Å². The van der Waals surface area contributed by atoms with Gasteiger partial charge in [0.1, 0.15) is 11.4 Å². The minimum absolute atomic E-state index is 0.0519. The number of aryl methyl sites for hydroxylation is 1. The van der Waals surface area contributed by atoms with Gasteiger partial charge in [0.2, 0.25) is 5.91 Å². The number of thiophene rings is 1. The normalized spacial score (nSPS) is 18.5. The number of thiazole rings is 1. The number of aromatic nitrogens is 3. The second kappa shape index (κ2) is 8.92. The van der Waals surface area contributed by atoms with Crippen LogP contribution in [-0.2, 0) is 11.3 Å². The summed E-state index contributed by atoms with van der Waals surface area (Å²) in [4.78, 5) is 50.7. The van der Waals surface area contributed by atoms with E-state index in [2.05, 4.69) is 29.1 Å². The molecule has 34 heavy (non-hydrogen) atoms. The quantitative estimate of drug-likeness (QED) is 0.459. The number of hydrogen-bond donors (Lipinski definition) is 1. The molecule has 4 heterocycles. The van der Waals surface area contributed by atoms with Crippen molar-refractivity contribution in [3.63, 3.8) is 0 Å². The van der Waals surface area contributed by atoms with Gasteiger partial charge in [-0.3, -0.25) is 24.3 Å². The van der Waals surface area contributed by atoms with Crippen molar-refractivity contribution in [1.29, 1.82) is 0 Å². The van der Waals surface area contributed by atoms with E-state index in [-0.39, 0.29) is 23.9 Å². The van der Waals surface area contributed by atoms with Gasteiger partial charge in [0.05, 0.1) is 26.8 Å². The molecule has 0 saturated carbocycles. The minimum atomic E-state index is -0.321. The maximum atomic E-state index is 13.2. The highest BCUT2D eigenvalue weighted by atomic mass is 32.1. The van der Waals surface area contributed by atoms with E-state index in [0.29, 0.717) is 50.7 Å². The van der Waals surface area contributed by atoms with E-state index in [1.165, 1.54) is 33.6 Å².